The molecule has 0 saturated carbocycles. The number of carbonyl (C=O) groups excluding carboxylic acids is 3. The summed E-state index contributed by atoms with van der Waals surface area (Å²) in [5.74, 6) is -0.826. The molecule has 0 aliphatic carbocycles. The second kappa shape index (κ2) is 14.8. The van der Waals surface area contributed by atoms with Crippen LogP contribution in [-0.2, 0) is 22.4 Å². The molecule has 1 heterocycles. The van der Waals surface area contributed by atoms with Gasteiger partial charge < -0.3 is 20.9 Å². The van der Waals surface area contributed by atoms with Crippen LogP contribution in [0.3, 0.4) is 0 Å². The summed E-state index contributed by atoms with van der Waals surface area (Å²) in [6, 6.07) is 27.5. The van der Waals surface area contributed by atoms with Crippen molar-refractivity contribution < 1.29 is 14.4 Å². The van der Waals surface area contributed by atoms with Crippen molar-refractivity contribution >= 4 is 29.1 Å². The maximum atomic E-state index is 14.2. The number of hydrogen-bond acceptors (Lipinski definition) is 5. The summed E-state index contributed by atoms with van der Waals surface area (Å²) in [6.45, 7) is 1.86. The molecule has 1 aromatic heterocycles. The third kappa shape index (κ3) is 7.97. The van der Waals surface area contributed by atoms with Crippen LogP contribution < -0.4 is 11.1 Å². The van der Waals surface area contributed by atoms with Crippen molar-refractivity contribution in [3.8, 4) is 11.1 Å². The molecule has 0 spiro atoms. The number of amides is 3. The highest BCUT2D eigenvalue weighted by atomic mass is 32.1. The van der Waals surface area contributed by atoms with Crippen LogP contribution in [0.1, 0.15) is 45.7 Å². The normalized spacial score (nSPS) is 13.0. The lowest BCUT2D eigenvalue weighted by Crippen LogP contribution is -2.55. The fourth-order valence-corrected chi connectivity index (χ4v) is 5.89. The van der Waals surface area contributed by atoms with Crippen LogP contribution in [-0.4, -0.2) is 60.7 Å². The average molecular weight is 597 g/mol. The summed E-state index contributed by atoms with van der Waals surface area (Å²) in [5.41, 5.74) is 10.4. The van der Waals surface area contributed by atoms with Crippen LogP contribution in [0.15, 0.2) is 96.4 Å². The fourth-order valence-electron chi connectivity index (χ4n) is 5.17. The Hall–Kier alpha value is -4.27. The molecule has 8 heteroatoms. The summed E-state index contributed by atoms with van der Waals surface area (Å²) in [5, 5.41) is 4.71. The van der Waals surface area contributed by atoms with Crippen LogP contribution in [0.2, 0.25) is 0 Å². The van der Waals surface area contributed by atoms with Gasteiger partial charge in [0.2, 0.25) is 11.8 Å². The predicted octanol–water partition coefficient (Wildman–Crippen LogP) is 5.32. The number of carbonyl (C=O) groups is 3. The monoisotopic (exact) mass is 596 g/mol. The third-order valence-corrected chi connectivity index (χ3v) is 8.77. The van der Waals surface area contributed by atoms with Crippen molar-refractivity contribution in [2.45, 2.75) is 44.3 Å². The van der Waals surface area contributed by atoms with Gasteiger partial charge in [-0.05, 0) is 65.6 Å². The van der Waals surface area contributed by atoms with E-state index >= 15 is 0 Å². The number of nitrogens with zero attached hydrogens (tertiary/aromatic N) is 2. The van der Waals surface area contributed by atoms with Crippen molar-refractivity contribution in [1.82, 2.24) is 15.1 Å². The SMILES string of the molecule is CNC(=O)[C@@H](CCc1cccs1)N(C)C(=O)[C@@H](Cc1ccc(-c2ccccc2)cc1)N(C)C(=O)c1cccc(C(C)N)c1. The van der Waals surface area contributed by atoms with Crippen molar-refractivity contribution in [3.63, 3.8) is 0 Å². The van der Waals surface area contributed by atoms with Gasteiger partial charge in [0.15, 0.2) is 0 Å². The van der Waals surface area contributed by atoms with Gasteiger partial charge in [0, 0.05) is 44.0 Å². The maximum absolute atomic E-state index is 14.2. The second-order valence-electron chi connectivity index (χ2n) is 10.8. The van der Waals surface area contributed by atoms with Crippen molar-refractivity contribution in [3.05, 3.63) is 118 Å². The largest absolute Gasteiger partial charge is 0.357 e. The maximum Gasteiger partial charge on any atom is 0.254 e. The molecule has 4 rings (SSSR count). The molecule has 0 saturated heterocycles. The average Bonchev–Trinajstić information content (AvgIpc) is 3.57. The minimum absolute atomic E-state index is 0.235. The van der Waals surface area contributed by atoms with Crippen molar-refractivity contribution in [1.29, 1.82) is 0 Å². The van der Waals surface area contributed by atoms with Gasteiger partial charge >= 0.3 is 0 Å². The molecule has 3 aromatic carbocycles. The first-order chi connectivity index (χ1) is 20.7. The van der Waals surface area contributed by atoms with E-state index in [9.17, 15) is 14.4 Å². The molecule has 7 nitrogen and oxygen atoms in total. The first-order valence-corrected chi connectivity index (χ1v) is 15.3. The van der Waals surface area contributed by atoms with Gasteiger partial charge in [-0.3, -0.25) is 14.4 Å². The molecule has 0 bridgehead atoms. The van der Waals surface area contributed by atoms with E-state index in [0.29, 0.717) is 24.8 Å². The fraction of sp³-hybridized carbons (Fsp3) is 0.286. The highest BCUT2D eigenvalue weighted by Crippen LogP contribution is 2.23. The summed E-state index contributed by atoms with van der Waals surface area (Å²) in [6.07, 6.45) is 1.42. The number of nitrogens with two attached hydrogens (primary N) is 1. The van der Waals surface area contributed by atoms with Gasteiger partial charge in [0.25, 0.3) is 5.91 Å². The molecule has 1 unspecified atom stereocenters. The van der Waals surface area contributed by atoms with Gasteiger partial charge in [-0.2, -0.15) is 0 Å². The zero-order valence-electron chi connectivity index (χ0n) is 25.2. The van der Waals surface area contributed by atoms with Gasteiger partial charge in [-0.1, -0.05) is 72.8 Å². The second-order valence-corrected chi connectivity index (χ2v) is 11.8. The highest BCUT2D eigenvalue weighted by Gasteiger charge is 2.35. The third-order valence-electron chi connectivity index (χ3n) is 7.83. The minimum Gasteiger partial charge on any atom is -0.357 e. The standard InChI is InChI=1S/C35H40N4O3S/c1-24(36)28-12-8-13-29(23-28)34(41)39(4)32(22-25-15-17-27(18-16-25)26-10-6-5-7-11-26)35(42)38(3)31(33(40)37-2)20-19-30-14-9-21-43-30/h5-18,21,23-24,31-32H,19-20,22,36H2,1-4H3,(H,37,40)/t24?,31-,32-/m1/s1. The Morgan fingerprint density at radius 1 is 0.837 bits per heavy atom. The summed E-state index contributed by atoms with van der Waals surface area (Å²) < 4.78 is 0. The van der Waals surface area contributed by atoms with E-state index in [1.807, 2.05) is 85.1 Å². The topological polar surface area (TPSA) is 95.7 Å². The Bertz CT molecular complexity index is 1500. The van der Waals surface area contributed by atoms with Crippen LogP contribution >= 0.6 is 11.3 Å². The number of aryl methyl sites for hydroxylation is 1. The van der Waals surface area contributed by atoms with E-state index in [2.05, 4.69) is 5.32 Å². The van der Waals surface area contributed by atoms with Crippen molar-refractivity contribution in [2.75, 3.05) is 21.1 Å². The van der Waals surface area contributed by atoms with Gasteiger partial charge in [-0.25, -0.2) is 0 Å². The zero-order valence-corrected chi connectivity index (χ0v) is 26.0. The molecule has 224 valence electrons. The summed E-state index contributed by atoms with van der Waals surface area (Å²) >= 11 is 1.62. The number of benzene rings is 3. The van der Waals surface area contributed by atoms with Crippen LogP contribution in [0.25, 0.3) is 11.1 Å². The van der Waals surface area contributed by atoms with E-state index in [1.54, 1.807) is 50.7 Å². The molecule has 0 aliphatic heterocycles. The van der Waals surface area contributed by atoms with Gasteiger partial charge in [0.05, 0.1) is 0 Å². The Labute approximate surface area is 258 Å². The molecule has 4 aromatic rings. The molecule has 0 aliphatic rings. The molecular weight excluding hydrogens is 556 g/mol. The lowest BCUT2D eigenvalue weighted by molar-refractivity contribution is -0.142. The lowest BCUT2D eigenvalue weighted by atomic mass is 9.98. The summed E-state index contributed by atoms with van der Waals surface area (Å²) in [4.78, 5) is 45.2. The van der Waals surface area contributed by atoms with Crippen LogP contribution in [0, 0.1) is 0 Å². The number of nitrogens with one attached hydrogen (secondary N) is 1. The Morgan fingerprint density at radius 3 is 2.16 bits per heavy atom. The summed E-state index contributed by atoms with van der Waals surface area (Å²) in [7, 11) is 4.87. The van der Waals surface area contributed by atoms with Crippen LogP contribution in [0.4, 0.5) is 0 Å². The smallest absolute Gasteiger partial charge is 0.254 e. The quantitative estimate of drug-likeness (QED) is 0.231. The minimum atomic E-state index is -0.840. The lowest BCUT2D eigenvalue weighted by Gasteiger charge is -2.34. The molecular formula is C35H40N4O3S. The van der Waals surface area contributed by atoms with E-state index in [0.717, 1.165) is 27.1 Å². The van der Waals surface area contributed by atoms with Crippen molar-refractivity contribution in [2.24, 2.45) is 5.73 Å². The van der Waals surface area contributed by atoms with E-state index in [-0.39, 0.29) is 23.8 Å². The zero-order chi connectivity index (χ0) is 30.9. The van der Waals surface area contributed by atoms with Gasteiger partial charge in [0.1, 0.15) is 12.1 Å². The Kier molecular flexibility index (Phi) is 10.9. The Morgan fingerprint density at radius 2 is 1.53 bits per heavy atom. The van der Waals surface area contributed by atoms with E-state index in [1.165, 1.54) is 9.80 Å². The first kappa shape index (κ1) is 31.7. The number of thiophene rings is 1. The van der Waals surface area contributed by atoms with E-state index < -0.39 is 12.1 Å². The number of likely N-dealkylation sites (N-methyl/N-ethyl adjacent to an activating group) is 3. The van der Waals surface area contributed by atoms with Gasteiger partial charge in [-0.15, -0.1) is 11.3 Å². The molecule has 0 fully saturated rings. The molecule has 43 heavy (non-hydrogen) atoms. The molecule has 3 amide bonds. The van der Waals surface area contributed by atoms with E-state index in [4.69, 9.17) is 5.73 Å². The number of rotatable bonds is 12. The number of hydrogen-bond donors (Lipinski definition) is 2. The molecule has 3 N–H and O–H groups in total. The Balaban J connectivity index is 1.63. The van der Waals surface area contributed by atoms with Crippen LogP contribution in [0.5, 0.6) is 0 Å². The molecule has 3 atom stereocenters. The highest BCUT2D eigenvalue weighted by molar-refractivity contribution is 7.09. The first-order valence-electron chi connectivity index (χ1n) is 14.5. The molecule has 0 radical (unpaired) electrons. The predicted molar refractivity (Wildman–Crippen MR) is 174 cm³/mol.